The highest BCUT2D eigenvalue weighted by atomic mass is 19.2. The van der Waals surface area contributed by atoms with E-state index in [1.165, 1.54) is 24.3 Å². The summed E-state index contributed by atoms with van der Waals surface area (Å²) in [6.07, 6.45) is 0. The molecule has 0 amide bonds. The fourth-order valence-corrected chi connectivity index (χ4v) is 2.74. The zero-order valence-electron chi connectivity index (χ0n) is 12.4. The van der Waals surface area contributed by atoms with Gasteiger partial charge < -0.3 is 9.73 Å². The Balaban J connectivity index is 1.68. The summed E-state index contributed by atoms with van der Waals surface area (Å²) < 4.78 is 46.0. The lowest BCUT2D eigenvalue weighted by molar-refractivity contribution is 0.500. The summed E-state index contributed by atoms with van der Waals surface area (Å²) in [5.41, 5.74) is 2.18. The van der Waals surface area contributed by atoms with Gasteiger partial charge in [0.1, 0.15) is 17.0 Å². The van der Waals surface area contributed by atoms with Gasteiger partial charge in [-0.25, -0.2) is 13.2 Å². The predicted octanol–water partition coefficient (Wildman–Crippen LogP) is 5.62. The molecule has 0 aliphatic rings. The Hall–Kier alpha value is -2.95. The molecule has 120 valence electrons. The van der Waals surface area contributed by atoms with E-state index < -0.39 is 11.6 Å². The van der Waals surface area contributed by atoms with Crippen molar-refractivity contribution in [3.05, 3.63) is 77.6 Å². The lowest BCUT2D eigenvalue weighted by atomic mass is 10.1. The van der Waals surface area contributed by atoms with Crippen LogP contribution in [0.5, 0.6) is 0 Å². The zero-order chi connectivity index (χ0) is 16.7. The Bertz CT molecular complexity index is 1060. The molecule has 0 aliphatic heterocycles. The van der Waals surface area contributed by atoms with Crippen LogP contribution < -0.4 is 5.32 Å². The van der Waals surface area contributed by atoms with Crippen LogP contribution in [0.25, 0.3) is 21.9 Å². The Morgan fingerprint density at radius 3 is 2.42 bits per heavy atom. The number of furan rings is 1. The first-order chi connectivity index (χ1) is 11.6. The molecule has 0 bridgehead atoms. The van der Waals surface area contributed by atoms with Gasteiger partial charge >= 0.3 is 0 Å². The van der Waals surface area contributed by atoms with Gasteiger partial charge in [-0.1, -0.05) is 12.1 Å². The third-order valence-electron chi connectivity index (χ3n) is 3.95. The van der Waals surface area contributed by atoms with Crippen LogP contribution in [0, 0.1) is 17.5 Å². The van der Waals surface area contributed by atoms with E-state index in [0.29, 0.717) is 22.2 Å². The molecule has 1 N–H and O–H groups in total. The Kier molecular flexibility index (Phi) is 3.41. The van der Waals surface area contributed by atoms with E-state index in [2.05, 4.69) is 5.32 Å². The summed E-state index contributed by atoms with van der Waals surface area (Å²) in [5, 5.41) is 4.48. The first kappa shape index (κ1) is 14.6. The van der Waals surface area contributed by atoms with Crippen molar-refractivity contribution in [2.45, 2.75) is 6.54 Å². The van der Waals surface area contributed by atoms with Crippen molar-refractivity contribution < 1.29 is 17.6 Å². The van der Waals surface area contributed by atoms with Crippen LogP contribution in [0.1, 0.15) is 5.56 Å². The molecule has 4 rings (SSSR count). The molecular formula is C19H12F3NO. The predicted molar refractivity (Wildman–Crippen MR) is 87.4 cm³/mol. The monoisotopic (exact) mass is 327 g/mol. The molecule has 0 radical (unpaired) electrons. The highest BCUT2D eigenvalue weighted by molar-refractivity contribution is 6.05. The highest BCUT2D eigenvalue weighted by Crippen LogP contribution is 2.31. The zero-order valence-corrected chi connectivity index (χ0v) is 12.4. The number of hydrogen-bond acceptors (Lipinski definition) is 2. The molecule has 0 fully saturated rings. The molecule has 0 saturated carbocycles. The fraction of sp³-hybridized carbons (Fsp3) is 0.0526. The van der Waals surface area contributed by atoms with E-state index in [9.17, 15) is 13.2 Å². The summed E-state index contributed by atoms with van der Waals surface area (Å²) >= 11 is 0. The smallest absolute Gasteiger partial charge is 0.163 e. The van der Waals surface area contributed by atoms with E-state index in [1.54, 1.807) is 24.3 Å². The molecule has 1 heterocycles. The van der Waals surface area contributed by atoms with Gasteiger partial charge in [-0.2, -0.15) is 0 Å². The first-order valence-corrected chi connectivity index (χ1v) is 7.40. The molecule has 0 saturated heterocycles. The van der Waals surface area contributed by atoms with Crippen LogP contribution in [-0.4, -0.2) is 0 Å². The maximum absolute atomic E-state index is 13.7. The van der Waals surface area contributed by atoms with Crippen LogP contribution in [0.3, 0.4) is 0 Å². The van der Waals surface area contributed by atoms with Gasteiger partial charge in [0.25, 0.3) is 0 Å². The number of halogens is 3. The molecule has 0 atom stereocenters. The Morgan fingerprint density at radius 1 is 0.833 bits per heavy atom. The normalized spacial score (nSPS) is 11.3. The molecule has 0 aliphatic carbocycles. The van der Waals surface area contributed by atoms with Gasteiger partial charge in [0, 0.05) is 28.6 Å². The number of fused-ring (bicyclic) bond motifs is 3. The minimum Gasteiger partial charge on any atom is -0.456 e. The van der Waals surface area contributed by atoms with E-state index in [0.717, 1.165) is 11.5 Å². The van der Waals surface area contributed by atoms with Crippen molar-refractivity contribution in [3.8, 4) is 0 Å². The van der Waals surface area contributed by atoms with Gasteiger partial charge in [0.15, 0.2) is 11.6 Å². The van der Waals surface area contributed by atoms with Crippen LogP contribution in [0.4, 0.5) is 18.9 Å². The second kappa shape index (κ2) is 5.60. The number of rotatable bonds is 3. The van der Waals surface area contributed by atoms with E-state index >= 15 is 0 Å². The lowest BCUT2D eigenvalue weighted by Gasteiger charge is -2.08. The lowest BCUT2D eigenvalue weighted by Crippen LogP contribution is -2.03. The summed E-state index contributed by atoms with van der Waals surface area (Å²) in [7, 11) is 0. The third kappa shape index (κ3) is 2.48. The van der Waals surface area contributed by atoms with Crippen molar-refractivity contribution in [3.63, 3.8) is 0 Å². The van der Waals surface area contributed by atoms with Crippen molar-refractivity contribution in [1.29, 1.82) is 0 Å². The average molecular weight is 327 g/mol. The summed E-state index contributed by atoms with van der Waals surface area (Å²) in [4.78, 5) is 0. The van der Waals surface area contributed by atoms with Gasteiger partial charge in [0.2, 0.25) is 0 Å². The molecule has 24 heavy (non-hydrogen) atoms. The van der Waals surface area contributed by atoms with Gasteiger partial charge in [-0.3, -0.25) is 0 Å². The summed E-state index contributed by atoms with van der Waals surface area (Å²) in [6, 6.07) is 13.7. The Morgan fingerprint density at radius 2 is 1.58 bits per heavy atom. The molecular weight excluding hydrogens is 315 g/mol. The highest BCUT2D eigenvalue weighted by Gasteiger charge is 2.10. The molecule has 0 spiro atoms. The Labute approximate surface area is 135 Å². The van der Waals surface area contributed by atoms with Crippen molar-refractivity contribution in [2.75, 3.05) is 5.32 Å². The number of anilines is 1. The third-order valence-corrected chi connectivity index (χ3v) is 3.95. The molecule has 1 aromatic heterocycles. The molecule has 4 aromatic rings. The quantitative estimate of drug-likeness (QED) is 0.529. The van der Waals surface area contributed by atoms with E-state index in [4.69, 9.17) is 4.42 Å². The van der Waals surface area contributed by atoms with Gasteiger partial charge in [-0.15, -0.1) is 0 Å². The summed E-state index contributed by atoms with van der Waals surface area (Å²) in [6.45, 7) is 0.138. The molecule has 0 unspecified atom stereocenters. The number of nitrogens with one attached hydrogen (secondary N) is 1. The second-order valence-electron chi connectivity index (χ2n) is 5.52. The number of benzene rings is 3. The van der Waals surface area contributed by atoms with Gasteiger partial charge in [-0.05, 0) is 42.5 Å². The minimum atomic E-state index is -0.874. The van der Waals surface area contributed by atoms with Gasteiger partial charge in [0.05, 0.1) is 0 Å². The van der Waals surface area contributed by atoms with Crippen LogP contribution in [0.15, 0.2) is 59.0 Å². The van der Waals surface area contributed by atoms with Crippen LogP contribution in [0.2, 0.25) is 0 Å². The van der Waals surface area contributed by atoms with Crippen molar-refractivity contribution in [1.82, 2.24) is 0 Å². The molecule has 5 heteroatoms. The van der Waals surface area contributed by atoms with Crippen LogP contribution >= 0.6 is 0 Å². The SMILES string of the molecule is Fc1ccc2oc3ccc(NCc4cccc(F)c4F)cc3c2c1. The molecule has 2 nitrogen and oxygen atoms in total. The standard InChI is InChI=1S/C19H12F3NO/c20-12-4-6-17-14(8-12)15-9-13(5-7-18(15)24-17)23-10-11-2-1-3-16(21)19(11)22/h1-9,23H,10H2. The van der Waals surface area contributed by atoms with Crippen LogP contribution in [-0.2, 0) is 6.54 Å². The maximum Gasteiger partial charge on any atom is 0.163 e. The first-order valence-electron chi connectivity index (χ1n) is 7.40. The topological polar surface area (TPSA) is 25.2 Å². The second-order valence-corrected chi connectivity index (χ2v) is 5.52. The van der Waals surface area contributed by atoms with E-state index in [1.807, 2.05) is 0 Å². The average Bonchev–Trinajstić information content (AvgIpc) is 2.93. The molecule has 3 aromatic carbocycles. The largest absolute Gasteiger partial charge is 0.456 e. The van der Waals surface area contributed by atoms with Crippen molar-refractivity contribution in [2.24, 2.45) is 0 Å². The van der Waals surface area contributed by atoms with E-state index in [-0.39, 0.29) is 17.9 Å². The maximum atomic E-state index is 13.7. The number of hydrogen-bond donors (Lipinski definition) is 1. The van der Waals surface area contributed by atoms with Crippen molar-refractivity contribution >= 4 is 27.6 Å². The minimum absolute atomic E-state index is 0.138. The fourth-order valence-electron chi connectivity index (χ4n) is 2.74. The summed E-state index contributed by atoms with van der Waals surface area (Å²) in [5.74, 6) is -2.08.